The Morgan fingerprint density at radius 2 is 2.20 bits per heavy atom. The van der Waals surface area contributed by atoms with Crippen molar-refractivity contribution >= 4 is 17.3 Å². The lowest BCUT2D eigenvalue weighted by atomic mass is 10.1. The van der Waals surface area contributed by atoms with Gasteiger partial charge in [-0.3, -0.25) is 14.9 Å². The third-order valence-corrected chi connectivity index (χ3v) is 2.55. The zero-order valence-electron chi connectivity index (χ0n) is 11.6. The molecule has 20 heavy (non-hydrogen) atoms. The summed E-state index contributed by atoms with van der Waals surface area (Å²) in [4.78, 5) is 23.4. The van der Waals surface area contributed by atoms with E-state index in [0.29, 0.717) is 5.69 Å². The third kappa shape index (κ3) is 3.95. The Labute approximate surface area is 117 Å². The van der Waals surface area contributed by atoms with Crippen LogP contribution < -0.4 is 10.2 Å². The van der Waals surface area contributed by atoms with E-state index in [0.717, 1.165) is 0 Å². The molecule has 1 amide bonds. The molecule has 1 rings (SSSR count). The molecule has 7 nitrogen and oxygen atoms in total. The van der Waals surface area contributed by atoms with E-state index in [9.17, 15) is 14.9 Å². The number of benzene rings is 1. The van der Waals surface area contributed by atoms with E-state index >= 15 is 0 Å². The molecular weight excluding hydrogens is 260 g/mol. The van der Waals surface area contributed by atoms with Crippen LogP contribution in [0.15, 0.2) is 18.2 Å². The molecule has 0 bridgehead atoms. The molecule has 0 aliphatic heterocycles. The second-order valence-corrected chi connectivity index (χ2v) is 4.65. The first-order chi connectivity index (χ1) is 9.35. The van der Waals surface area contributed by atoms with E-state index in [-0.39, 0.29) is 29.7 Å². The SMILES string of the molecule is CC(C)NC(=O)CN(C)c1ccc([N+](=O)[O-])cc1C#N. The van der Waals surface area contributed by atoms with Crippen molar-refractivity contribution in [3.8, 4) is 6.07 Å². The number of carbonyl (C=O) groups excluding carboxylic acids is 1. The van der Waals surface area contributed by atoms with Gasteiger partial charge in [-0.1, -0.05) is 0 Å². The van der Waals surface area contributed by atoms with E-state index < -0.39 is 4.92 Å². The molecule has 1 N–H and O–H groups in total. The second kappa shape index (κ2) is 6.52. The van der Waals surface area contributed by atoms with Crippen molar-refractivity contribution in [3.63, 3.8) is 0 Å². The maximum absolute atomic E-state index is 11.7. The number of nitrogens with zero attached hydrogens (tertiary/aromatic N) is 3. The maximum Gasteiger partial charge on any atom is 0.270 e. The molecule has 0 spiro atoms. The maximum atomic E-state index is 11.7. The van der Waals surface area contributed by atoms with E-state index in [1.54, 1.807) is 11.9 Å². The molecule has 0 unspecified atom stereocenters. The van der Waals surface area contributed by atoms with Crippen molar-refractivity contribution in [2.24, 2.45) is 0 Å². The molecule has 7 heteroatoms. The predicted molar refractivity (Wildman–Crippen MR) is 74.4 cm³/mol. The monoisotopic (exact) mass is 276 g/mol. The summed E-state index contributed by atoms with van der Waals surface area (Å²) in [5, 5.41) is 22.5. The zero-order valence-corrected chi connectivity index (χ0v) is 11.6. The van der Waals surface area contributed by atoms with Gasteiger partial charge in [0.2, 0.25) is 5.91 Å². The lowest BCUT2D eigenvalue weighted by molar-refractivity contribution is -0.384. The first kappa shape index (κ1) is 15.4. The van der Waals surface area contributed by atoms with Crippen LogP contribution in [0.1, 0.15) is 19.4 Å². The number of nitriles is 1. The van der Waals surface area contributed by atoms with Crippen LogP contribution in [0.25, 0.3) is 0 Å². The smallest absolute Gasteiger partial charge is 0.270 e. The summed E-state index contributed by atoms with van der Waals surface area (Å²) in [5.74, 6) is -0.176. The Kier molecular flexibility index (Phi) is 5.03. The van der Waals surface area contributed by atoms with Gasteiger partial charge in [0.25, 0.3) is 5.69 Å². The summed E-state index contributed by atoms with van der Waals surface area (Å²) in [6.45, 7) is 3.78. The minimum atomic E-state index is -0.559. The Bertz CT molecular complexity index is 563. The molecule has 0 saturated carbocycles. The lowest BCUT2D eigenvalue weighted by Crippen LogP contribution is -2.38. The van der Waals surface area contributed by atoms with Crippen LogP contribution in [0.4, 0.5) is 11.4 Å². The fourth-order valence-electron chi connectivity index (χ4n) is 1.73. The fourth-order valence-corrected chi connectivity index (χ4v) is 1.73. The first-order valence-corrected chi connectivity index (χ1v) is 6.04. The van der Waals surface area contributed by atoms with Gasteiger partial charge in [-0.25, -0.2) is 0 Å². The van der Waals surface area contributed by atoms with Crippen LogP contribution in [-0.2, 0) is 4.79 Å². The number of nitro benzene ring substituents is 1. The van der Waals surface area contributed by atoms with Gasteiger partial charge in [0.1, 0.15) is 6.07 Å². The molecule has 0 aliphatic carbocycles. The van der Waals surface area contributed by atoms with Crippen LogP contribution in [0.5, 0.6) is 0 Å². The van der Waals surface area contributed by atoms with Gasteiger partial charge in [0, 0.05) is 25.2 Å². The summed E-state index contributed by atoms with van der Waals surface area (Å²) >= 11 is 0. The Balaban J connectivity index is 2.93. The van der Waals surface area contributed by atoms with Crippen LogP contribution in [0.2, 0.25) is 0 Å². The molecule has 0 atom stereocenters. The van der Waals surface area contributed by atoms with Crippen molar-refractivity contribution in [3.05, 3.63) is 33.9 Å². The summed E-state index contributed by atoms with van der Waals surface area (Å²) in [6, 6.07) is 5.92. The average molecular weight is 276 g/mol. The van der Waals surface area contributed by atoms with E-state index in [4.69, 9.17) is 5.26 Å². The van der Waals surface area contributed by atoms with Crippen molar-refractivity contribution in [1.82, 2.24) is 5.32 Å². The predicted octanol–water partition coefficient (Wildman–Crippen LogP) is 1.43. The molecular formula is C13H16N4O3. The second-order valence-electron chi connectivity index (χ2n) is 4.65. The number of non-ortho nitro benzene ring substituents is 1. The van der Waals surface area contributed by atoms with Gasteiger partial charge in [-0.05, 0) is 19.9 Å². The van der Waals surface area contributed by atoms with E-state index in [2.05, 4.69) is 5.32 Å². The van der Waals surface area contributed by atoms with Gasteiger partial charge in [-0.15, -0.1) is 0 Å². The van der Waals surface area contributed by atoms with Crippen molar-refractivity contribution in [2.45, 2.75) is 19.9 Å². The lowest BCUT2D eigenvalue weighted by Gasteiger charge is -2.20. The van der Waals surface area contributed by atoms with Crippen LogP contribution in [0.3, 0.4) is 0 Å². The highest BCUT2D eigenvalue weighted by molar-refractivity contribution is 5.82. The number of nitrogens with one attached hydrogen (secondary N) is 1. The highest BCUT2D eigenvalue weighted by Crippen LogP contribution is 2.23. The van der Waals surface area contributed by atoms with Crippen molar-refractivity contribution < 1.29 is 9.72 Å². The molecule has 0 radical (unpaired) electrons. The largest absolute Gasteiger partial charge is 0.364 e. The summed E-state index contributed by atoms with van der Waals surface area (Å²) in [7, 11) is 1.65. The standard InChI is InChI=1S/C13H16N4O3/c1-9(2)15-13(18)8-16(3)12-5-4-11(17(19)20)6-10(12)7-14/h4-6,9H,8H2,1-3H3,(H,15,18). The van der Waals surface area contributed by atoms with Crippen LogP contribution in [0, 0.1) is 21.4 Å². The first-order valence-electron chi connectivity index (χ1n) is 6.04. The third-order valence-electron chi connectivity index (χ3n) is 2.55. The highest BCUT2D eigenvalue weighted by atomic mass is 16.6. The van der Waals surface area contributed by atoms with Gasteiger partial charge in [0.15, 0.2) is 0 Å². The van der Waals surface area contributed by atoms with Gasteiger partial charge < -0.3 is 10.2 Å². The minimum Gasteiger partial charge on any atom is -0.364 e. The molecule has 1 aromatic rings. The Morgan fingerprint density at radius 1 is 1.55 bits per heavy atom. The minimum absolute atomic E-state index is 0.0307. The molecule has 0 saturated heterocycles. The summed E-state index contributed by atoms with van der Waals surface area (Å²) in [5.41, 5.74) is 0.501. The molecule has 0 aromatic heterocycles. The van der Waals surface area contributed by atoms with Gasteiger partial charge in [0.05, 0.1) is 22.7 Å². The number of anilines is 1. The number of likely N-dealkylation sites (N-methyl/N-ethyl adjacent to an activating group) is 1. The molecule has 0 fully saturated rings. The zero-order chi connectivity index (χ0) is 15.3. The van der Waals surface area contributed by atoms with Gasteiger partial charge in [-0.2, -0.15) is 5.26 Å². The summed E-state index contributed by atoms with van der Waals surface area (Å²) in [6.07, 6.45) is 0. The Hall–Kier alpha value is -2.62. The summed E-state index contributed by atoms with van der Waals surface area (Å²) < 4.78 is 0. The van der Waals surface area contributed by atoms with E-state index in [1.807, 2.05) is 19.9 Å². The van der Waals surface area contributed by atoms with E-state index in [1.165, 1.54) is 18.2 Å². The number of rotatable bonds is 5. The van der Waals surface area contributed by atoms with Crippen molar-refractivity contribution in [1.29, 1.82) is 5.26 Å². The molecule has 0 aliphatic rings. The molecule has 106 valence electrons. The topological polar surface area (TPSA) is 99.3 Å². The quantitative estimate of drug-likeness (QED) is 0.647. The Morgan fingerprint density at radius 3 is 2.70 bits per heavy atom. The molecule has 0 heterocycles. The number of amides is 1. The normalized spacial score (nSPS) is 9.95. The highest BCUT2D eigenvalue weighted by Gasteiger charge is 2.15. The van der Waals surface area contributed by atoms with Crippen LogP contribution in [-0.4, -0.2) is 30.5 Å². The van der Waals surface area contributed by atoms with Gasteiger partial charge >= 0.3 is 0 Å². The number of hydrogen-bond acceptors (Lipinski definition) is 5. The number of nitro groups is 1. The van der Waals surface area contributed by atoms with Crippen LogP contribution >= 0.6 is 0 Å². The average Bonchev–Trinajstić information content (AvgIpc) is 2.36. The number of hydrogen-bond donors (Lipinski definition) is 1. The fraction of sp³-hybridized carbons (Fsp3) is 0.385. The van der Waals surface area contributed by atoms with Crippen molar-refractivity contribution in [2.75, 3.05) is 18.5 Å². The number of carbonyl (C=O) groups is 1. The molecule has 1 aromatic carbocycles.